The minimum absolute atomic E-state index is 0.0134. The molecule has 0 fully saturated rings. The van der Waals surface area contributed by atoms with Crippen LogP contribution in [0, 0.1) is 0 Å². The van der Waals surface area contributed by atoms with E-state index in [4.69, 9.17) is 4.74 Å². The normalized spacial score (nSPS) is 12.6. The molecule has 0 saturated heterocycles. The van der Waals surface area contributed by atoms with Gasteiger partial charge in [-0.3, -0.25) is 9.59 Å². The van der Waals surface area contributed by atoms with Gasteiger partial charge in [-0.2, -0.15) is 0 Å². The molecule has 0 radical (unpaired) electrons. The van der Waals surface area contributed by atoms with Crippen LogP contribution in [0.15, 0.2) is 36.5 Å². The van der Waals surface area contributed by atoms with Gasteiger partial charge in [-0.15, -0.1) is 0 Å². The maximum Gasteiger partial charge on any atom is 0.305 e. The molecule has 2 unspecified atom stereocenters. The summed E-state index contributed by atoms with van der Waals surface area (Å²) in [6.45, 7) is 4.94. The molecule has 532 valence electrons. The van der Waals surface area contributed by atoms with Gasteiger partial charge in [0, 0.05) is 12.8 Å². The second-order valence-corrected chi connectivity index (χ2v) is 28.4. The Morgan fingerprint density at radius 2 is 0.522 bits per heavy atom. The highest BCUT2D eigenvalue weighted by molar-refractivity contribution is 5.76. The Morgan fingerprint density at radius 1 is 0.300 bits per heavy atom. The van der Waals surface area contributed by atoms with Crippen molar-refractivity contribution in [3.05, 3.63) is 36.5 Å². The predicted octanol–water partition coefficient (Wildman–Crippen LogP) is 27.4. The van der Waals surface area contributed by atoms with Crippen LogP contribution in [0.2, 0.25) is 0 Å². The van der Waals surface area contributed by atoms with Gasteiger partial charge >= 0.3 is 5.97 Å². The van der Waals surface area contributed by atoms with E-state index in [2.05, 4.69) is 43.5 Å². The first-order valence-electron chi connectivity index (χ1n) is 41.3. The number of esters is 1. The quantitative estimate of drug-likeness (QED) is 0.0320. The predicted molar refractivity (Wildman–Crippen MR) is 398 cm³/mol. The fourth-order valence-corrected chi connectivity index (χ4v) is 13.1. The van der Waals surface area contributed by atoms with Crippen LogP contribution in [-0.4, -0.2) is 47.4 Å². The molecule has 0 heterocycles. The van der Waals surface area contributed by atoms with Crippen molar-refractivity contribution in [2.45, 2.75) is 475 Å². The molecule has 2 atom stereocenters. The number of allylic oxidation sites excluding steroid dienone is 5. The van der Waals surface area contributed by atoms with Gasteiger partial charge in [0.25, 0.3) is 0 Å². The van der Waals surface area contributed by atoms with Gasteiger partial charge in [-0.25, -0.2) is 0 Å². The van der Waals surface area contributed by atoms with E-state index in [1.807, 2.05) is 6.08 Å². The first kappa shape index (κ1) is 88.1. The molecule has 6 heteroatoms. The molecule has 1 amide bonds. The maximum absolute atomic E-state index is 12.6. The van der Waals surface area contributed by atoms with Crippen molar-refractivity contribution in [1.29, 1.82) is 0 Å². The summed E-state index contributed by atoms with van der Waals surface area (Å²) >= 11 is 0. The smallest absolute Gasteiger partial charge is 0.305 e. The van der Waals surface area contributed by atoms with Crippen molar-refractivity contribution >= 4 is 11.9 Å². The van der Waals surface area contributed by atoms with Gasteiger partial charge in [0.15, 0.2) is 0 Å². The van der Waals surface area contributed by atoms with Crippen LogP contribution in [0.5, 0.6) is 0 Å². The van der Waals surface area contributed by atoms with E-state index in [1.165, 1.54) is 392 Å². The van der Waals surface area contributed by atoms with Crippen molar-refractivity contribution in [1.82, 2.24) is 5.32 Å². The summed E-state index contributed by atoms with van der Waals surface area (Å²) in [4.78, 5) is 24.6. The average Bonchev–Trinajstić information content (AvgIpc) is 3.68. The highest BCUT2D eigenvalue weighted by Gasteiger charge is 2.18. The summed E-state index contributed by atoms with van der Waals surface area (Å²) in [7, 11) is 0. The van der Waals surface area contributed by atoms with E-state index in [9.17, 15) is 19.8 Å². The average molecular weight is 1270 g/mol. The second kappa shape index (κ2) is 79.5. The number of nitrogens with one attached hydrogen (secondary N) is 1. The van der Waals surface area contributed by atoms with Crippen LogP contribution >= 0.6 is 0 Å². The van der Waals surface area contributed by atoms with E-state index in [0.717, 1.165) is 44.9 Å². The highest BCUT2D eigenvalue weighted by Crippen LogP contribution is 2.20. The third kappa shape index (κ3) is 75.1. The van der Waals surface area contributed by atoms with Crippen LogP contribution in [0.4, 0.5) is 0 Å². The molecule has 0 aliphatic carbocycles. The minimum atomic E-state index is -0.843. The molecule has 0 spiro atoms. The van der Waals surface area contributed by atoms with Crippen LogP contribution in [0.1, 0.15) is 463 Å². The van der Waals surface area contributed by atoms with E-state index in [1.54, 1.807) is 6.08 Å². The van der Waals surface area contributed by atoms with Crippen LogP contribution < -0.4 is 5.32 Å². The number of hydrogen-bond donors (Lipinski definition) is 3. The van der Waals surface area contributed by atoms with Gasteiger partial charge in [-0.05, 0) is 83.5 Å². The fraction of sp³-hybridized carbons (Fsp3) is 0.905. The zero-order valence-electron chi connectivity index (χ0n) is 61.1. The van der Waals surface area contributed by atoms with Crippen molar-refractivity contribution in [2.75, 3.05) is 13.2 Å². The summed E-state index contributed by atoms with van der Waals surface area (Å²) in [5.41, 5.74) is 0. The number of ether oxygens (including phenoxy) is 1. The lowest BCUT2D eigenvalue weighted by molar-refractivity contribution is -0.143. The van der Waals surface area contributed by atoms with Gasteiger partial charge in [0.1, 0.15) is 0 Å². The maximum atomic E-state index is 12.6. The highest BCUT2D eigenvalue weighted by atomic mass is 16.5. The third-order valence-corrected chi connectivity index (χ3v) is 19.4. The Balaban J connectivity index is 3.36. The molecule has 6 nitrogen and oxygen atoms in total. The summed E-state index contributed by atoms with van der Waals surface area (Å²) in [5, 5.41) is 23.3. The fourth-order valence-electron chi connectivity index (χ4n) is 13.1. The summed E-state index contributed by atoms with van der Waals surface area (Å²) in [6.07, 6.45) is 104. The molecular weight excluding hydrogens is 1100 g/mol. The van der Waals surface area contributed by atoms with E-state index >= 15 is 0 Å². The molecule has 0 aromatic rings. The molecule has 0 bridgehead atoms. The van der Waals surface area contributed by atoms with Gasteiger partial charge in [-0.1, -0.05) is 403 Å². The summed E-state index contributed by atoms with van der Waals surface area (Å²) in [5.74, 6) is -0.0457. The first-order valence-corrected chi connectivity index (χ1v) is 41.3. The number of unbranched alkanes of at least 4 members (excludes halogenated alkanes) is 63. The van der Waals surface area contributed by atoms with Gasteiger partial charge < -0.3 is 20.3 Å². The number of amides is 1. The second-order valence-electron chi connectivity index (χ2n) is 28.4. The van der Waals surface area contributed by atoms with Crippen molar-refractivity contribution in [3.8, 4) is 0 Å². The van der Waals surface area contributed by atoms with E-state index < -0.39 is 12.1 Å². The Bertz CT molecular complexity index is 1460. The molecule has 0 saturated carbocycles. The minimum Gasteiger partial charge on any atom is -0.466 e. The molecule has 0 rings (SSSR count). The Labute approximate surface area is 564 Å². The molecule has 0 aromatic heterocycles. The van der Waals surface area contributed by atoms with E-state index in [-0.39, 0.29) is 18.5 Å². The molecule has 3 N–H and O–H groups in total. The number of rotatable bonds is 78. The monoisotopic (exact) mass is 1260 g/mol. The number of aliphatic hydroxyl groups is 2. The first-order chi connectivity index (χ1) is 44.5. The van der Waals surface area contributed by atoms with Crippen molar-refractivity contribution in [2.24, 2.45) is 0 Å². The number of aliphatic hydroxyl groups excluding tert-OH is 2. The van der Waals surface area contributed by atoms with Crippen molar-refractivity contribution in [3.63, 3.8) is 0 Å². The van der Waals surface area contributed by atoms with Crippen LogP contribution in [0.3, 0.4) is 0 Å². The largest absolute Gasteiger partial charge is 0.466 e. The molecule has 90 heavy (non-hydrogen) atoms. The van der Waals surface area contributed by atoms with Crippen LogP contribution in [0.25, 0.3) is 0 Å². The van der Waals surface area contributed by atoms with Gasteiger partial charge in [0.2, 0.25) is 5.91 Å². The standard InChI is InChI=1S/C84H161NO5/c1-3-5-7-9-11-13-15-17-19-20-21-22-40-43-46-49-52-56-60-64-68-72-76-82(87)81(80-86)85-83(88)77-73-69-65-61-57-53-50-47-44-41-38-36-34-32-30-28-26-24-23-25-27-29-31-33-35-37-39-42-45-48-51-55-59-63-67-71-75-79-90-84(89)78-74-70-66-62-58-54-18-16-14-12-10-8-6-4-2/h16,18,23,25,72,76,81-82,86-87H,3-15,17,19-22,24,26-71,73-75,77-80H2,1-2H3,(H,85,88)/b18-16-,25-23-,76-72+. The van der Waals surface area contributed by atoms with Crippen molar-refractivity contribution < 1.29 is 24.5 Å². The summed E-state index contributed by atoms with van der Waals surface area (Å²) < 4.78 is 5.49. The zero-order chi connectivity index (χ0) is 64.9. The van der Waals surface area contributed by atoms with Crippen LogP contribution in [-0.2, 0) is 14.3 Å². The molecule has 0 aliphatic rings. The van der Waals surface area contributed by atoms with Gasteiger partial charge in [0.05, 0.1) is 25.4 Å². The molecule has 0 aliphatic heterocycles. The number of carbonyl (C=O) groups is 2. The molecular formula is C84H161NO5. The Morgan fingerprint density at radius 3 is 0.789 bits per heavy atom. The Kier molecular flexibility index (Phi) is 77.8. The Hall–Kier alpha value is -1.92. The topological polar surface area (TPSA) is 95.9 Å². The number of carbonyl (C=O) groups excluding carboxylic acids is 2. The van der Waals surface area contributed by atoms with E-state index in [0.29, 0.717) is 19.4 Å². The lowest BCUT2D eigenvalue weighted by atomic mass is 10.0. The summed E-state index contributed by atoms with van der Waals surface area (Å²) in [6, 6.07) is -0.626. The lowest BCUT2D eigenvalue weighted by Crippen LogP contribution is -2.45. The molecule has 0 aromatic carbocycles. The third-order valence-electron chi connectivity index (χ3n) is 19.4. The zero-order valence-corrected chi connectivity index (χ0v) is 61.1. The lowest BCUT2D eigenvalue weighted by Gasteiger charge is -2.20. The number of hydrogen-bond acceptors (Lipinski definition) is 5. The SMILES string of the molecule is CCCCCCC/C=C\CCCCCCCC(=O)OCCCCCCCCCCCCCCCCCC/C=C\CCCCCCCCCCCCCCCCCCCC(=O)NC(CO)C(O)/C=C/CCCCCCCCCCCCCCCCCCCCCC.